The molecule has 0 saturated carbocycles. The maximum atomic E-state index is 5.23. The Kier molecular flexibility index (Phi) is 1.95. The summed E-state index contributed by atoms with van der Waals surface area (Å²) >= 11 is 2.14. The van der Waals surface area contributed by atoms with E-state index in [-0.39, 0.29) is 0 Å². The minimum atomic E-state index is 0.874. The van der Waals surface area contributed by atoms with Crippen LogP contribution < -0.4 is 0 Å². The van der Waals surface area contributed by atoms with Crippen LogP contribution >= 0.6 is 22.6 Å². The minimum Gasteiger partial charge on any atom is -0.451 e. The molecule has 0 aliphatic heterocycles. The van der Waals surface area contributed by atoms with Crippen LogP contribution in [0.4, 0.5) is 0 Å². The van der Waals surface area contributed by atoms with Gasteiger partial charge in [-0.25, -0.2) is 0 Å². The summed E-state index contributed by atoms with van der Waals surface area (Å²) in [4.78, 5) is 0. The highest BCUT2D eigenvalue weighted by molar-refractivity contribution is 14.1. The number of hydrogen-bond acceptors (Lipinski definition) is 1. The summed E-state index contributed by atoms with van der Waals surface area (Å²) in [5, 5.41) is 0. The Morgan fingerprint density at radius 2 is 2.44 bits per heavy atom. The first kappa shape index (κ1) is 6.86. The maximum absolute atomic E-state index is 5.23. The number of furan rings is 1. The molecule has 0 spiro atoms. The lowest BCUT2D eigenvalue weighted by atomic mass is 10.3. The Morgan fingerprint density at radius 1 is 1.78 bits per heavy atom. The molecule has 9 heavy (non-hydrogen) atoms. The van der Waals surface area contributed by atoms with Gasteiger partial charge in [0.2, 0.25) is 0 Å². The van der Waals surface area contributed by atoms with Gasteiger partial charge in [0.15, 0.2) is 3.77 Å². The average Bonchev–Trinajstić information content (AvgIpc) is 2.10. The summed E-state index contributed by atoms with van der Waals surface area (Å²) in [6, 6.07) is 1.98. The van der Waals surface area contributed by atoms with Gasteiger partial charge in [0.1, 0.15) is 5.76 Å². The van der Waals surface area contributed by atoms with Crippen molar-refractivity contribution >= 4 is 28.7 Å². The van der Waals surface area contributed by atoms with Crippen molar-refractivity contribution in [3.63, 3.8) is 0 Å². The van der Waals surface area contributed by atoms with E-state index in [1.165, 1.54) is 0 Å². The second-order valence-electron chi connectivity index (χ2n) is 1.80. The van der Waals surface area contributed by atoms with E-state index in [0.717, 1.165) is 15.1 Å². The lowest BCUT2D eigenvalue weighted by Gasteiger charge is -1.82. The van der Waals surface area contributed by atoms with Crippen molar-refractivity contribution < 1.29 is 4.42 Å². The Morgan fingerprint density at radius 3 is 2.67 bits per heavy atom. The van der Waals surface area contributed by atoms with Crippen molar-refractivity contribution in [1.29, 1.82) is 0 Å². The molecular weight excluding hydrogens is 227 g/mol. The Bertz CT molecular complexity index is 225. The molecule has 2 heteroatoms. The van der Waals surface area contributed by atoms with Crippen molar-refractivity contribution in [3.05, 3.63) is 27.7 Å². The molecule has 48 valence electrons. The standard InChI is InChI=1S/C7H7IO/c1-3-6-5(2)4-7(8)9-6/h3-4H,1H2,2H3. The monoisotopic (exact) mass is 234 g/mol. The van der Waals surface area contributed by atoms with Gasteiger partial charge >= 0.3 is 0 Å². The molecule has 0 aliphatic rings. The first-order valence-electron chi connectivity index (χ1n) is 2.62. The Hall–Kier alpha value is -0.250. The lowest BCUT2D eigenvalue weighted by Crippen LogP contribution is -1.64. The summed E-state index contributed by atoms with van der Waals surface area (Å²) in [7, 11) is 0. The van der Waals surface area contributed by atoms with Crippen LogP contribution in [0.1, 0.15) is 11.3 Å². The predicted octanol–water partition coefficient (Wildman–Crippen LogP) is 2.84. The van der Waals surface area contributed by atoms with E-state index >= 15 is 0 Å². The van der Waals surface area contributed by atoms with Gasteiger partial charge in [0, 0.05) is 0 Å². The van der Waals surface area contributed by atoms with E-state index in [2.05, 4.69) is 29.2 Å². The second-order valence-corrected chi connectivity index (χ2v) is 2.87. The van der Waals surface area contributed by atoms with Gasteiger partial charge in [-0.1, -0.05) is 6.58 Å². The van der Waals surface area contributed by atoms with Crippen LogP contribution in [0.25, 0.3) is 6.08 Å². The molecule has 0 atom stereocenters. The summed E-state index contributed by atoms with van der Waals surface area (Å²) < 4.78 is 6.15. The topological polar surface area (TPSA) is 13.1 Å². The maximum Gasteiger partial charge on any atom is 0.164 e. The fourth-order valence-corrected chi connectivity index (χ4v) is 1.36. The molecule has 0 radical (unpaired) electrons. The molecule has 1 aromatic heterocycles. The number of aryl methyl sites for hydroxylation is 1. The minimum absolute atomic E-state index is 0.874. The predicted molar refractivity (Wildman–Crippen MR) is 46.3 cm³/mol. The average molecular weight is 234 g/mol. The molecule has 0 amide bonds. The summed E-state index contributed by atoms with van der Waals surface area (Å²) in [6.45, 7) is 5.61. The number of rotatable bonds is 1. The smallest absolute Gasteiger partial charge is 0.164 e. The summed E-state index contributed by atoms with van der Waals surface area (Å²) in [6.07, 6.45) is 1.72. The third-order valence-corrected chi connectivity index (χ3v) is 1.64. The zero-order valence-electron chi connectivity index (χ0n) is 5.15. The van der Waals surface area contributed by atoms with Crippen LogP contribution in [-0.4, -0.2) is 0 Å². The van der Waals surface area contributed by atoms with Crippen LogP contribution in [0.3, 0.4) is 0 Å². The quantitative estimate of drug-likeness (QED) is 0.681. The molecule has 0 aromatic carbocycles. The van der Waals surface area contributed by atoms with E-state index in [1.54, 1.807) is 6.08 Å². The zero-order chi connectivity index (χ0) is 6.85. The van der Waals surface area contributed by atoms with Crippen molar-refractivity contribution in [2.24, 2.45) is 0 Å². The van der Waals surface area contributed by atoms with E-state index in [4.69, 9.17) is 4.42 Å². The fourth-order valence-electron chi connectivity index (χ4n) is 0.659. The molecule has 0 bridgehead atoms. The first-order valence-corrected chi connectivity index (χ1v) is 3.70. The molecule has 0 saturated heterocycles. The van der Waals surface area contributed by atoms with Crippen LogP contribution in [-0.2, 0) is 0 Å². The van der Waals surface area contributed by atoms with Crippen molar-refractivity contribution in [2.45, 2.75) is 6.92 Å². The normalized spacial score (nSPS) is 9.56. The SMILES string of the molecule is C=Cc1oc(I)cc1C. The van der Waals surface area contributed by atoms with E-state index in [1.807, 2.05) is 13.0 Å². The van der Waals surface area contributed by atoms with E-state index in [9.17, 15) is 0 Å². The molecule has 1 heterocycles. The molecule has 1 rings (SSSR count). The molecule has 0 fully saturated rings. The second kappa shape index (κ2) is 2.56. The Balaban J connectivity index is 3.15. The largest absolute Gasteiger partial charge is 0.451 e. The van der Waals surface area contributed by atoms with Gasteiger partial charge in [-0.05, 0) is 47.2 Å². The van der Waals surface area contributed by atoms with Crippen LogP contribution in [0, 0.1) is 10.7 Å². The number of hydrogen-bond donors (Lipinski definition) is 0. The van der Waals surface area contributed by atoms with Gasteiger partial charge in [0.25, 0.3) is 0 Å². The van der Waals surface area contributed by atoms with Crippen LogP contribution in [0.15, 0.2) is 17.1 Å². The van der Waals surface area contributed by atoms with Gasteiger partial charge in [-0.15, -0.1) is 0 Å². The van der Waals surface area contributed by atoms with Gasteiger partial charge in [-0.3, -0.25) is 0 Å². The van der Waals surface area contributed by atoms with Crippen LogP contribution in [0.5, 0.6) is 0 Å². The van der Waals surface area contributed by atoms with Crippen LogP contribution in [0.2, 0.25) is 0 Å². The summed E-state index contributed by atoms with van der Waals surface area (Å²) in [5.41, 5.74) is 1.15. The molecule has 0 unspecified atom stereocenters. The van der Waals surface area contributed by atoms with Gasteiger partial charge in [0.05, 0.1) is 0 Å². The molecule has 0 N–H and O–H groups in total. The summed E-state index contributed by atoms with van der Waals surface area (Å²) in [5.74, 6) is 0.874. The highest BCUT2D eigenvalue weighted by Crippen LogP contribution is 2.16. The fraction of sp³-hybridized carbons (Fsp3) is 0.143. The third kappa shape index (κ3) is 1.36. The number of halogens is 1. The zero-order valence-corrected chi connectivity index (χ0v) is 7.31. The molecule has 0 aliphatic carbocycles. The molecule has 1 nitrogen and oxygen atoms in total. The lowest BCUT2D eigenvalue weighted by molar-refractivity contribution is 0.527. The molecular formula is C7H7IO. The third-order valence-electron chi connectivity index (χ3n) is 1.11. The molecule has 1 aromatic rings. The highest BCUT2D eigenvalue weighted by atomic mass is 127. The first-order chi connectivity index (χ1) is 4.24. The highest BCUT2D eigenvalue weighted by Gasteiger charge is 1.99. The Labute approximate surface area is 67.9 Å². The van der Waals surface area contributed by atoms with Gasteiger partial charge < -0.3 is 4.42 Å². The van der Waals surface area contributed by atoms with Crippen molar-refractivity contribution in [1.82, 2.24) is 0 Å². The van der Waals surface area contributed by atoms with Crippen molar-refractivity contribution in [2.75, 3.05) is 0 Å². The van der Waals surface area contributed by atoms with E-state index < -0.39 is 0 Å². The van der Waals surface area contributed by atoms with Gasteiger partial charge in [-0.2, -0.15) is 0 Å². The van der Waals surface area contributed by atoms with Crippen molar-refractivity contribution in [3.8, 4) is 0 Å². The van der Waals surface area contributed by atoms with E-state index in [0.29, 0.717) is 0 Å².